The lowest BCUT2D eigenvalue weighted by Crippen LogP contribution is -2.18. The molecule has 2 rings (SSSR count). The van der Waals surface area contributed by atoms with Crippen molar-refractivity contribution in [3.05, 3.63) is 66.1 Å². The molecule has 0 unspecified atom stereocenters. The number of benzene rings is 1. The van der Waals surface area contributed by atoms with Gasteiger partial charge in [-0.1, -0.05) is 30.3 Å². The summed E-state index contributed by atoms with van der Waals surface area (Å²) in [6, 6.07) is 13.3. The summed E-state index contributed by atoms with van der Waals surface area (Å²) >= 11 is 0. The minimum Gasteiger partial charge on any atom is -0.465 e. The Hall–Kier alpha value is -2.13. The van der Waals surface area contributed by atoms with Gasteiger partial charge in [-0.25, -0.2) is 0 Å². The zero-order valence-corrected chi connectivity index (χ0v) is 10.5. The third-order valence-corrected chi connectivity index (χ3v) is 2.83. The minimum atomic E-state index is -0.966. The summed E-state index contributed by atoms with van der Waals surface area (Å²) in [5, 5.41) is 9.78. The first-order chi connectivity index (χ1) is 9.25. The third-order valence-electron chi connectivity index (χ3n) is 2.83. The van der Waals surface area contributed by atoms with E-state index < -0.39 is 6.10 Å². The van der Waals surface area contributed by atoms with Gasteiger partial charge in [0.05, 0.1) is 6.26 Å². The molecule has 1 aromatic heterocycles. The van der Waals surface area contributed by atoms with Gasteiger partial charge in [0, 0.05) is 0 Å². The highest BCUT2D eigenvalue weighted by molar-refractivity contribution is 5.96. The predicted octanol–water partition coefficient (Wildman–Crippen LogP) is 2.86. The van der Waals surface area contributed by atoms with Crippen LogP contribution in [0.25, 0.3) is 6.08 Å². The molecule has 0 radical (unpaired) electrons. The van der Waals surface area contributed by atoms with Crippen molar-refractivity contribution in [1.82, 2.24) is 0 Å². The fraction of sp³-hybridized carbons (Fsp3) is 0.188. The molecule has 1 aromatic carbocycles. The van der Waals surface area contributed by atoms with Gasteiger partial charge in [-0.2, -0.15) is 0 Å². The van der Waals surface area contributed by atoms with Crippen LogP contribution in [0.2, 0.25) is 0 Å². The van der Waals surface area contributed by atoms with Gasteiger partial charge in [-0.15, -0.1) is 0 Å². The van der Waals surface area contributed by atoms with Crippen LogP contribution in [0.1, 0.15) is 17.7 Å². The zero-order chi connectivity index (χ0) is 13.5. The van der Waals surface area contributed by atoms with Gasteiger partial charge in [0.15, 0.2) is 5.78 Å². The van der Waals surface area contributed by atoms with Crippen LogP contribution < -0.4 is 0 Å². The van der Waals surface area contributed by atoms with E-state index in [0.717, 1.165) is 5.56 Å². The van der Waals surface area contributed by atoms with Gasteiger partial charge in [-0.3, -0.25) is 4.79 Å². The molecule has 19 heavy (non-hydrogen) atoms. The number of aliphatic hydroxyl groups is 1. The fourth-order valence-corrected chi connectivity index (χ4v) is 1.75. The molecule has 1 heterocycles. The molecular formula is C16H16O3. The summed E-state index contributed by atoms with van der Waals surface area (Å²) in [5.74, 6) is 0.302. The van der Waals surface area contributed by atoms with Crippen molar-refractivity contribution in [2.45, 2.75) is 18.9 Å². The van der Waals surface area contributed by atoms with Crippen LogP contribution in [0.15, 0.2) is 59.2 Å². The normalized spacial score (nSPS) is 12.7. The van der Waals surface area contributed by atoms with Crippen molar-refractivity contribution < 1.29 is 14.3 Å². The smallest absolute Gasteiger partial charge is 0.184 e. The van der Waals surface area contributed by atoms with Crippen LogP contribution in [0.5, 0.6) is 0 Å². The Balaban J connectivity index is 1.83. The van der Waals surface area contributed by atoms with Gasteiger partial charge in [0.1, 0.15) is 11.9 Å². The van der Waals surface area contributed by atoms with Gasteiger partial charge < -0.3 is 9.52 Å². The van der Waals surface area contributed by atoms with Crippen LogP contribution in [0.4, 0.5) is 0 Å². The molecule has 0 aliphatic rings. The monoisotopic (exact) mass is 256 g/mol. The second-order valence-corrected chi connectivity index (χ2v) is 4.29. The quantitative estimate of drug-likeness (QED) is 0.808. The third kappa shape index (κ3) is 4.23. The summed E-state index contributed by atoms with van der Waals surface area (Å²) in [6.45, 7) is 0. The topological polar surface area (TPSA) is 50.4 Å². The van der Waals surface area contributed by atoms with E-state index in [1.807, 2.05) is 30.3 Å². The highest BCUT2D eigenvalue weighted by Gasteiger charge is 2.11. The van der Waals surface area contributed by atoms with Crippen LogP contribution in [-0.4, -0.2) is 17.0 Å². The molecule has 0 aliphatic carbocycles. The molecule has 1 atom stereocenters. The molecule has 0 bridgehead atoms. The molecule has 3 heteroatoms. The Kier molecular flexibility index (Phi) is 4.70. The van der Waals surface area contributed by atoms with Crippen molar-refractivity contribution in [3.63, 3.8) is 0 Å². The summed E-state index contributed by atoms with van der Waals surface area (Å²) in [7, 11) is 0. The fourth-order valence-electron chi connectivity index (χ4n) is 1.75. The Bertz CT molecular complexity index is 526. The molecule has 0 saturated heterocycles. The Labute approximate surface area is 112 Å². The Morgan fingerprint density at radius 3 is 2.68 bits per heavy atom. The van der Waals surface area contributed by atoms with Gasteiger partial charge >= 0.3 is 0 Å². The average molecular weight is 256 g/mol. The predicted molar refractivity (Wildman–Crippen MR) is 73.5 cm³/mol. The summed E-state index contributed by atoms with van der Waals surface area (Å²) in [4.78, 5) is 11.7. The second kappa shape index (κ2) is 6.71. The molecule has 0 fully saturated rings. The number of rotatable bonds is 6. The summed E-state index contributed by atoms with van der Waals surface area (Å²) < 4.78 is 5.07. The number of carbonyl (C=O) groups excluding carboxylic acids is 1. The van der Waals surface area contributed by atoms with Crippen molar-refractivity contribution >= 4 is 11.9 Å². The Morgan fingerprint density at radius 2 is 2.00 bits per heavy atom. The highest BCUT2D eigenvalue weighted by atomic mass is 16.3. The molecular weight excluding hydrogens is 240 g/mol. The van der Waals surface area contributed by atoms with Gasteiger partial charge in [0.25, 0.3) is 0 Å². The molecule has 98 valence electrons. The number of ketones is 1. The van der Waals surface area contributed by atoms with Crippen molar-refractivity contribution in [3.8, 4) is 0 Å². The Morgan fingerprint density at radius 1 is 1.21 bits per heavy atom. The number of hydrogen-bond acceptors (Lipinski definition) is 3. The van der Waals surface area contributed by atoms with E-state index in [-0.39, 0.29) is 5.78 Å². The molecule has 1 N–H and O–H groups in total. The first-order valence-electron chi connectivity index (χ1n) is 6.23. The average Bonchev–Trinajstić information content (AvgIpc) is 2.96. The number of furan rings is 1. The highest BCUT2D eigenvalue weighted by Crippen LogP contribution is 2.07. The van der Waals surface area contributed by atoms with Crippen molar-refractivity contribution in [2.75, 3.05) is 0 Å². The number of carbonyl (C=O) groups is 1. The van der Waals surface area contributed by atoms with E-state index >= 15 is 0 Å². The van der Waals surface area contributed by atoms with Gasteiger partial charge in [-0.05, 0) is 42.7 Å². The number of aliphatic hydroxyl groups excluding tert-OH is 1. The SMILES string of the molecule is O=C(/C=C/c1ccco1)[C@@H](O)CCc1ccccc1. The molecule has 0 amide bonds. The first-order valence-corrected chi connectivity index (χ1v) is 6.23. The maximum atomic E-state index is 11.7. The van der Waals surface area contributed by atoms with Crippen molar-refractivity contribution in [2.24, 2.45) is 0 Å². The van der Waals surface area contributed by atoms with Crippen molar-refractivity contribution in [1.29, 1.82) is 0 Å². The summed E-state index contributed by atoms with van der Waals surface area (Å²) in [5.41, 5.74) is 1.12. The van der Waals surface area contributed by atoms with Gasteiger partial charge in [0.2, 0.25) is 0 Å². The molecule has 0 saturated carbocycles. The summed E-state index contributed by atoms with van der Waals surface area (Å²) in [6.07, 6.45) is 4.60. The number of hydrogen-bond donors (Lipinski definition) is 1. The number of aryl methyl sites for hydroxylation is 1. The maximum absolute atomic E-state index is 11.7. The largest absolute Gasteiger partial charge is 0.465 e. The molecule has 0 spiro atoms. The standard InChI is InChI=1S/C16H16O3/c17-15(10-8-13-5-2-1-3-6-13)16(18)11-9-14-7-4-12-19-14/h1-7,9,11-12,15,17H,8,10H2/b11-9+/t15-/m0/s1. The zero-order valence-electron chi connectivity index (χ0n) is 10.5. The van der Waals surface area contributed by atoms with E-state index in [0.29, 0.717) is 18.6 Å². The molecule has 2 aromatic rings. The maximum Gasteiger partial charge on any atom is 0.184 e. The van der Waals surface area contributed by atoms with Crippen LogP contribution in [0.3, 0.4) is 0 Å². The van der Waals surface area contributed by atoms with E-state index in [1.54, 1.807) is 18.2 Å². The second-order valence-electron chi connectivity index (χ2n) is 4.29. The van der Waals surface area contributed by atoms with E-state index in [1.165, 1.54) is 12.3 Å². The van der Waals surface area contributed by atoms with Crippen LogP contribution in [0, 0.1) is 0 Å². The van der Waals surface area contributed by atoms with E-state index in [2.05, 4.69) is 0 Å². The van der Waals surface area contributed by atoms with Crippen LogP contribution >= 0.6 is 0 Å². The lowest BCUT2D eigenvalue weighted by Gasteiger charge is -2.06. The first kappa shape index (κ1) is 13.3. The van der Waals surface area contributed by atoms with E-state index in [9.17, 15) is 9.90 Å². The van der Waals surface area contributed by atoms with Crippen LogP contribution in [-0.2, 0) is 11.2 Å². The van der Waals surface area contributed by atoms with E-state index in [4.69, 9.17) is 4.42 Å². The minimum absolute atomic E-state index is 0.299. The lowest BCUT2D eigenvalue weighted by atomic mass is 10.0. The molecule has 0 aliphatic heterocycles. The lowest BCUT2D eigenvalue weighted by molar-refractivity contribution is -0.122. The molecule has 3 nitrogen and oxygen atoms in total.